The van der Waals surface area contributed by atoms with Crippen LogP contribution in [0.3, 0.4) is 0 Å². The molecular weight excluding hydrogens is 436 g/mol. The number of benzene rings is 2. The maximum atomic E-state index is 13.3. The van der Waals surface area contributed by atoms with Gasteiger partial charge in [0.2, 0.25) is 10.0 Å². The van der Waals surface area contributed by atoms with E-state index in [4.69, 9.17) is 0 Å². The number of aromatic nitrogens is 1. The lowest BCUT2D eigenvalue weighted by molar-refractivity contribution is 0.0742. The molecule has 0 aliphatic heterocycles. The van der Waals surface area contributed by atoms with Crippen LogP contribution < -0.4 is 5.32 Å². The number of nitrogens with zero attached hydrogens (tertiary/aromatic N) is 3. The first-order chi connectivity index (χ1) is 15.6. The van der Waals surface area contributed by atoms with Gasteiger partial charge in [-0.1, -0.05) is 29.8 Å². The minimum absolute atomic E-state index is 0.0646. The Labute approximate surface area is 196 Å². The van der Waals surface area contributed by atoms with Gasteiger partial charge in [-0.25, -0.2) is 12.7 Å². The Morgan fingerprint density at radius 2 is 1.64 bits per heavy atom. The number of nitrogens with one attached hydrogen (secondary N) is 1. The van der Waals surface area contributed by atoms with Crippen LogP contribution >= 0.6 is 0 Å². The first-order valence-corrected chi connectivity index (χ1v) is 12.1. The molecule has 33 heavy (non-hydrogen) atoms. The summed E-state index contributed by atoms with van der Waals surface area (Å²) in [6, 6.07) is 16.3. The molecule has 1 aromatic heterocycles. The van der Waals surface area contributed by atoms with Crippen molar-refractivity contribution in [1.29, 1.82) is 0 Å². The average molecular weight is 467 g/mol. The highest BCUT2D eigenvalue weighted by Crippen LogP contribution is 2.25. The second-order valence-corrected chi connectivity index (χ2v) is 10.4. The van der Waals surface area contributed by atoms with Gasteiger partial charge in [0, 0.05) is 51.3 Å². The number of amides is 1. The summed E-state index contributed by atoms with van der Waals surface area (Å²) in [7, 11) is 0.927. The summed E-state index contributed by atoms with van der Waals surface area (Å²) in [5.74, 6) is -0.270. The molecule has 2 aromatic carbocycles. The Morgan fingerprint density at radius 1 is 1.00 bits per heavy atom. The molecule has 1 heterocycles. The van der Waals surface area contributed by atoms with Gasteiger partial charge < -0.3 is 10.2 Å². The normalized spacial score (nSPS) is 12.4. The molecule has 0 aliphatic rings. The largest absolute Gasteiger partial charge is 0.381 e. The second-order valence-electron chi connectivity index (χ2n) is 8.25. The molecular formula is C25H30N4O3S. The van der Waals surface area contributed by atoms with Gasteiger partial charge >= 0.3 is 0 Å². The van der Waals surface area contributed by atoms with E-state index < -0.39 is 10.0 Å². The summed E-state index contributed by atoms with van der Waals surface area (Å²) < 4.78 is 26.9. The number of aryl methyl sites for hydroxylation is 1. The molecule has 1 atom stereocenters. The number of carbonyl (C=O) groups is 1. The minimum atomic E-state index is -3.73. The highest BCUT2D eigenvalue weighted by molar-refractivity contribution is 7.89. The number of carbonyl (C=O) groups excluding carboxylic acids is 1. The zero-order valence-electron chi connectivity index (χ0n) is 19.6. The third kappa shape index (κ3) is 5.77. The Morgan fingerprint density at radius 3 is 2.24 bits per heavy atom. The van der Waals surface area contributed by atoms with Crippen LogP contribution in [0.4, 0.5) is 5.69 Å². The van der Waals surface area contributed by atoms with E-state index in [-0.39, 0.29) is 16.8 Å². The molecule has 0 radical (unpaired) electrons. The first-order valence-electron chi connectivity index (χ1n) is 10.6. The van der Waals surface area contributed by atoms with E-state index in [1.807, 2.05) is 50.2 Å². The number of hydrogen-bond acceptors (Lipinski definition) is 5. The van der Waals surface area contributed by atoms with Gasteiger partial charge in [0.15, 0.2) is 0 Å². The molecule has 0 saturated heterocycles. The van der Waals surface area contributed by atoms with Gasteiger partial charge in [-0.15, -0.1) is 0 Å². The number of sulfonamides is 1. The van der Waals surface area contributed by atoms with Crippen LogP contribution in [0.25, 0.3) is 0 Å². The Bertz CT molecular complexity index is 1210. The molecule has 0 spiro atoms. The summed E-state index contributed by atoms with van der Waals surface area (Å²) in [5.41, 5.74) is 4.02. The molecule has 1 N–H and O–H groups in total. The van der Waals surface area contributed by atoms with Crippen LogP contribution in [0.5, 0.6) is 0 Å². The maximum Gasteiger partial charge on any atom is 0.254 e. The van der Waals surface area contributed by atoms with E-state index in [9.17, 15) is 13.2 Å². The fourth-order valence-electron chi connectivity index (χ4n) is 3.34. The smallest absolute Gasteiger partial charge is 0.254 e. The van der Waals surface area contributed by atoms with E-state index in [0.29, 0.717) is 17.8 Å². The lowest BCUT2D eigenvalue weighted by atomic mass is 10.1. The van der Waals surface area contributed by atoms with Crippen molar-refractivity contribution < 1.29 is 13.2 Å². The number of rotatable bonds is 8. The summed E-state index contributed by atoms with van der Waals surface area (Å²) in [6.07, 6.45) is 3.36. The van der Waals surface area contributed by atoms with E-state index in [0.717, 1.165) is 21.0 Å². The van der Waals surface area contributed by atoms with Crippen molar-refractivity contribution in [3.05, 3.63) is 89.2 Å². The van der Waals surface area contributed by atoms with Crippen molar-refractivity contribution in [2.75, 3.05) is 26.5 Å². The van der Waals surface area contributed by atoms with Crippen LogP contribution in [0, 0.1) is 6.92 Å². The van der Waals surface area contributed by atoms with Gasteiger partial charge in [-0.2, -0.15) is 0 Å². The molecule has 0 aliphatic carbocycles. The molecule has 0 bridgehead atoms. The summed E-state index contributed by atoms with van der Waals surface area (Å²) >= 11 is 0. The number of pyridine rings is 1. The molecule has 3 aromatic rings. The van der Waals surface area contributed by atoms with Crippen LogP contribution in [0.15, 0.2) is 71.9 Å². The summed E-state index contributed by atoms with van der Waals surface area (Å²) in [4.78, 5) is 19.0. The van der Waals surface area contributed by atoms with Gasteiger partial charge in [0.1, 0.15) is 0 Å². The van der Waals surface area contributed by atoms with Crippen molar-refractivity contribution in [2.24, 2.45) is 0 Å². The molecule has 0 saturated carbocycles. The lowest BCUT2D eigenvalue weighted by Gasteiger charge is -2.26. The van der Waals surface area contributed by atoms with Crippen LogP contribution in [-0.4, -0.2) is 49.7 Å². The van der Waals surface area contributed by atoms with E-state index in [1.165, 1.54) is 20.2 Å². The van der Waals surface area contributed by atoms with Gasteiger partial charge in [-0.3, -0.25) is 9.78 Å². The van der Waals surface area contributed by atoms with Crippen LogP contribution in [0.1, 0.15) is 40.0 Å². The van der Waals surface area contributed by atoms with Crippen molar-refractivity contribution in [3.8, 4) is 0 Å². The summed E-state index contributed by atoms with van der Waals surface area (Å²) in [5, 5.41) is 3.26. The number of hydrogen-bond donors (Lipinski definition) is 1. The van der Waals surface area contributed by atoms with Crippen molar-refractivity contribution in [3.63, 3.8) is 0 Å². The van der Waals surface area contributed by atoms with E-state index in [1.54, 1.807) is 36.5 Å². The Kier molecular flexibility index (Phi) is 7.50. The Balaban J connectivity index is 1.94. The van der Waals surface area contributed by atoms with Gasteiger partial charge in [-0.05, 0) is 55.3 Å². The molecule has 1 amide bonds. The highest BCUT2D eigenvalue weighted by atomic mass is 32.2. The Hall–Kier alpha value is -3.23. The average Bonchev–Trinajstić information content (AvgIpc) is 2.82. The summed E-state index contributed by atoms with van der Waals surface area (Å²) in [6.45, 7) is 4.45. The monoisotopic (exact) mass is 466 g/mol. The predicted octanol–water partition coefficient (Wildman–Crippen LogP) is 4.09. The fourth-order valence-corrected chi connectivity index (χ4v) is 4.31. The van der Waals surface area contributed by atoms with Gasteiger partial charge in [0.05, 0.1) is 10.9 Å². The maximum absolute atomic E-state index is 13.3. The lowest BCUT2D eigenvalue weighted by Crippen LogP contribution is -2.30. The molecule has 8 heteroatoms. The predicted molar refractivity (Wildman–Crippen MR) is 131 cm³/mol. The van der Waals surface area contributed by atoms with Crippen molar-refractivity contribution >= 4 is 21.6 Å². The molecule has 3 rings (SSSR count). The third-order valence-corrected chi connectivity index (χ3v) is 7.43. The zero-order chi connectivity index (χ0) is 24.2. The third-order valence-electron chi connectivity index (χ3n) is 5.64. The van der Waals surface area contributed by atoms with Crippen molar-refractivity contribution in [1.82, 2.24) is 14.2 Å². The van der Waals surface area contributed by atoms with Crippen molar-refractivity contribution in [2.45, 2.75) is 31.3 Å². The second kappa shape index (κ2) is 10.1. The van der Waals surface area contributed by atoms with E-state index >= 15 is 0 Å². The molecule has 7 nitrogen and oxygen atoms in total. The quantitative estimate of drug-likeness (QED) is 0.541. The zero-order valence-corrected chi connectivity index (χ0v) is 20.4. The molecule has 174 valence electrons. The SMILES string of the molecule is Cc1ccc(CNc2cc(C(=O)N(C)C(C)c3ccncc3)cc(S(=O)(=O)N(C)C)c2)cc1. The topological polar surface area (TPSA) is 82.6 Å². The molecule has 0 fully saturated rings. The highest BCUT2D eigenvalue weighted by Gasteiger charge is 2.24. The number of anilines is 1. The van der Waals surface area contributed by atoms with Gasteiger partial charge in [0.25, 0.3) is 5.91 Å². The minimum Gasteiger partial charge on any atom is -0.381 e. The van der Waals surface area contributed by atoms with E-state index in [2.05, 4.69) is 10.3 Å². The van der Waals surface area contributed by atoms with Crippen LogP contribution in [0.2, 0.25) is 0 Å². The molecule has 1 unspecified atom stereocenters. The fraction of sp³-hybridized carbons (Fsp3) is 0.280. The first kappa shape index (κ1) is 24.4. The van der Waals surface area contributed by atoms with Crippen LogP contribution in [-0.2, 0) is 16.6 Å². The standard InChI is InChI=1S/C25H30N4O3S/c1-18-6-8-20(9-7-18)17-27-23-14-22(15-24(16-23)33(31,32)28(3)4)25(30)29(5)19(2)21-10-12-26-13-11-21/h6-16,19,27H,17H2,1-5H3.